The number of hydrogen-bond acceptors (Lipinski definition) is 3. The lowest BCUT2D eigenvalue weighted by Crippen LogP contribution is -2.17. The zero-order chi connectivity index (χ0) is 15.2. The number of nitro benzene ring substituents is 1. The second-order valence-electron chi connectivity index (χ2n) is 4.56. The van der Waals surface area contributed by atoms with Gasteiger partial charge in [0.2, 0.25) is 0 Å². The summed E-state index contributed by atoms with van der Waals surface area (Å²) < 4.78 is 13.9. The van der Waals surface area contributed by atoms with Gasteiger partial charge in [-0.25, -0.2) is 4.39 Å². The van der Waals surface area contributed by atoms with E-state index in [0.29, 0.717) is 29.5 Å². The van der Waals surface area contributed by atoms with Crippen LogP contribution in [0.5, 0.6) is 0 Å². The molecule has 2 aromatic rings. The van der Waals surface area contributed by atoms with Crippen molar-refractivity contribution < 1.29 is 9.31 Å². The highest BCUT2D eigenvalue weighted by Crippen LogP contribution is 2.25. The fourth-order valence-electron chi connectivity index (χ4n) is 1.97. The van der Waals surface area contributed by atoms with Gasteiger partial charge >= 0.3 is 0 Å². The highest BCUT2D eigenvalue weighted by Gasteiger charge is 2.11. The fourth-order valence-corrected chi connectivity index (χ4v) is 2.36. The molecule has 0 aliphatic rings. The van der Waals surface area contributed by atoms with Crippen molar-refractivity contribution in [2.24, 2.45) is 0 Å². The van der Waals surface area contributed by atoms with Crippen molar-refractivity contribution in [2.75, 3.05) is 6.54 Å². The Morgan fingerprint density at radius 3 is 2.71 bits per heavy atom. The topological polar surface area (TPSA) is 55.2 Å². The minimum Gasteiger partial charge on any atom is -0.312 e. The average Bonchev–Trinajstić information content (AvgIpc) is 2.46. The third-order valence-corrected chi connectivity index (χ3v) is 3.74. The van der Waals surface area contributed by atoms with Crippen LogP contribution in [-0.4, -0.2) is 11.5 Å². The van der Waals surface area contributed by atoms with Crippen molar-refractivity contribution in [3.8, 4) is 0 Å². The van der Waals surface area contributed by atoms with Crippen LogP contribution < -0.4 is 5.32 Å². The maximum absolute atomic E-state index is 13.4. The van der Waals surface area contributed by atoms with E-state index in [1.165, 1.54) is 12.1 Å². The second kappa shape index (κ2) is 7.28. The molecule has 0 saturated carbocycles. The van der Waals surface area contributed by atoms with E-state index in [1.54, 1.807) is 24.3 Å². The fraction of sp³-hybridized carbons (Fsp3) is 0.200. The molecule has 0 aromatic heterocycles. The van der Waals surface area contributed by atoms with Crippen LogP contribution in [0.1, 0.15) is 11.1 Å². The predicted octanol–water partition coefficient (Wildman–Crippen LogP) is 3.83. The van der Waals surface area contributed by atoms with Crippen molar-refractivity contribution in [1.82, 2.24) is 5.32 Å². The summed E-state index contributed by atoms with van der Waals surface area (Å²) in [6.45, 7) is 1.10. The maximum Gasteiger partial charge on any atom is 0.283 e. The minimum atomic E-state index is -0.424. The first kappa shape index (κ1) is 15.6. The maximum atomic E-state index is 13.4. The molecule has 0 unspecified atom stereocenters. The van der Waals surface area contributed by atoms with Gasteiger partial charge in [-0.15, -0.1) is 0 Å². The minimum absolute atomic E-state index is 0.0448. The Labute approximate surface area is 130 Å². The molecule has 2 aromatic carbocycles. The number of nitrogens with zero attached hydrogens (tertiary/aromatic N) is 1. The van der Waals surface area contributed by atoms with Gasteiger partial charge in [0, 0.05) is 12.6 Å². The van der Waals surface area contributed by atoms with Gasteiger partial charge in [-0.05, 0) is 52.2 Å². The SMILES string of the molecule is O=[N+]([O-])c1cc(CNCCc2ccccc2F)ccc1Br. The van der Waals surface area contributed by atoms with Gasteiger partial charge < -0.3 is 5.32 Å². The lowest BCUT2D eigenvalue weighted by molar-refractivity contribution is -0.385. The molecule has 2 rings (SSSR count). The number of rotatable bonds is 6. The van der Waals surface area contributed by atoms with Gasteiger partial charge in [-0.3, -0.25) is 10.1 Å². The molecule has 4 nitrogen and oxygen atoms in total. The largest absolute Gasteiger partial charge is 0.312 e. The lowest BCUT2D eigenvalue weighted by Gasteiger charge is -2.06. The molecule has 0 heterocycles. The highest BCUT2D eigenvalue weighted by atomic mass is 79.9. The van der Waals surface area contributed by atoms with Gasteiger partial charge in [0.1, 0.15) is 5.82 Å². The summed E-state index contributed by atoms with van der Waals surface area (Å²) in [5, 5.41) is 14.0. The van der Waals surface area contributed by atoms with E-state index < -0.39 is 4.92 Å². The summed E-state index contributed by atoms with van der Waals surface area (Å²) in [6, 6.07) is 11.7. The zero-order valence-electron chi connectivity index (χ0n) is 11.2. The molecule has 6 heteroatoms. The highest BCUT2D eigenvalue weighted by molar-refractivity contribution is 9.10. The Hall–Kier alpha value is -1.79. The molecule has 0 amide bonds. The number of hydrogen-bond donors (Lipinski definition) is 1. The van der Waals surface area contributed by atoms with Crippen LogP contribution in [-0.2, 0) is 13.0 Å². The number of nitrogens with one attached hydrogen (secondary N) is 1. The standard InChI is InChI=1S/C15H14BrFN2O2/c16-13-6-5-11(9-15(13)19(20)21)10-18-8-7-12-3-1-2-4-14(12)17/h1-6,9,18H,7-8,10H2. The number of nitro groups is 1. The first-order valence-corrected chi connectivity index (χ1v) is 7.24. The van der Waals surface area contributed by atoms with Gasteiger partial charge in [-0.2, -0.15) is 0 Å². The van der Waals surface area contributed by atoms with Crippen LogP contribution in [0.15, 0.2) is 46.9 Å². The molecule has 0 aliphatic heterocycles. The van der Waals surface area contributed by atoms with Gasteiger partial charge in [0.25, 0.3) is 5.69 Å². The van der Waals surface area contributed by atoms with Gasteiger partial charge in [-0.1, -0.05) is 24.3 Å². The summed E-state index contributed by atoms with van der Waals surface area (Å²) in [5.41, 5.74) is 1.52. The first-order chi connectivity index (χ1) is 10.1. The summed E-state index contributed by atoms with van der Waals surface area (Å²) in [5.74, 6) is -0.210. The second-order valence-corrected chi connectivity index (χ2v) is 5.42. The Bertz CT molecular complexity index is 649. The number of halogens is 2. The third-order valence-electron chi connectivity index (χ3n) is 3.07. The van der Waals surface area contributed by atoms with Crippen LogP contribution in [0.4, 0.5) is 10.1 Å². The summed E-state index contributed by atoms with van der Waals surface area (Å²) in [4.78, 5) is 10.4. The van der Waals surface area contributed by atoms with Crippen molar-refractivity contribution in [1.29, 1.82) is 0 Å². The Balaban J connectivity index is 1.88. The normalized spacial score (nSPS) is 10.6. The van der Waals surface area contributed by atoms with E-state index in [-0.39, 0.29) is 11.5 Å². The first-order valence-electron chi connectivity index (χ1n) is 6.45. The smallest absolute Gasteiger partial charge is 0.283 e. The quantitative estimate of drug-likeness (QED) is 0.488. The summed E-state index contributed by atoms with van der Waals surface area (Å²) in [7, 11) is 0. The predicted molar refractivity (Wildman–Crippen MR) is 82.6 cm³/mol. The molecular weight excluding hydrogens is 339 g/mol. The van der Waals surface area contributed by atoms with Crippen molar-refractivity contribution in [3.63, 3.8) is 0 Å². The molecule has 0 spiro atoms. The van der Waals surface area contributed by atoms with Crippen LogP contribution in [0.2, 0.25) is 0 Å². The van der Waals surface area contributed by atoms with E-state index in [1.807, 2.05) is 6.07 Å². The molecule has 0 aliphatic carbocycles. The molecule has 0 saturated heterocycles. The molecule has 1 N–H and O–H groups in total. The summed E-state index contributed by atoms with van der Waals surface area (Å²) >= 11 is 3.15. The molecule has 0 fully saturated rings. The van der Waals surface area contributed by atoms with Gasteiger partial charge in [0.05, 0.1) is 9.40 Å². The third kappa shape index (κ3) is 4.34. The van der Waals surface area contributed by atoms with E-state index >= 15 is 0 Å². The van der Waals surface area contributed by atoms with Gasteiger partial charge in [0.15, 0.2) is 0 Å². The van der Waals surface area contributed by atoms with Crippen molar-refractivity contribution >= 4 is 21.6 Å². The Morgan fingerprint density at radius 1 is 1.24 bits per heavy atom. The Kier molecular flexibility index (Phi) is 5.41. The van der Waals surface area contributed by atoms with E-state index in [4.69, 9.17) is 0 Å². The van der Waals surface area contributed by atoms with Crippen molar-refractivity contribution in [3.05, 3.63) is 74.0 Å². The molecule has 0 atom stereocenters. The summed E-state index contributed by atoms with van der Waals surface area (Å²) in [6.07, 6.45) is 0.575. The number of benzene rings is 2. The average molecular weight is 353 g/mol. The lowest BCUT2D eigenvalue weighted by atomic mass is 10.1. The molecule has 0 radical (unpaired) electrons. The van der Waals surface area contributed by atoms with Crippen LogP contribution in [0.25, 0.3) is 0 Å². The van der Waals surface area contributed by atoms with Crippen molar-refractivity contribution in [2.45, 2.75) is 13.0 Å². The molecule has 21 heavy (non-hydrogen) atoms. The Morgan fingerprint density at radius 2 is 2.00 bits per heavy atom. The molecule has 110 valence electrons. The monoisotopic (exact) mass is 352 g/mol. The van der Waals surface area contributed by atoms with E-state index in [9.17, 15) is 14.5 Å². The van der Waals surface area contributed by atoms with Crippen LogP contribution in [0, 0.1) is 15.9 Å². The zero-order valence-corrected chi connectivity index (χ0v) is 12.8. The molecule has 0 bridgehead atoms. The molecular formula is C15H14BrFN2O2. The van der Waals surface area contributed by atoms with E-state index in [2.05, 4.69) is 21.2 Å². The van der Waals surface area contributed by atoms with Crippen LogP contribution in [0.3, 0.4) is 0 Å². The van der Waals surface area contributed by atoms with E-state index in [0.717, 1.165) is 5.56 Å². The van der Waals surface area contributed by atoms with Crippen LogP contribution >= 0.6 is 15.9 Å².